The van der Waals surface area contributed by atoms with Gasteiger partial charge in [-0.25, -0.2) is 18.1 Å². The van der Waals surface area contributed by atoms with Crippen molar-refractivity contribution < 1.29 is 8.42 Å². The quantitative estimate of drug-likeness (QED) is 0.799. The number of nitriles is 1. The maximum absolute atomic E-state index is 12.0. The molecule has 1 aromatic heterocycles. The van der Waals surface area contributed by atoms with Gasteiger partial charge in [0.1, 0.15) is 12.2 Å². The molecule has 0 aliphatic rings. The second kappa shape index (κ2) is 6.27. The number of nitrogens with zero attached hydrogens (tertiary/aromatic N) is 3. The Labute approximate surface area is 116 Å². The first kappa shape index (κ1) is 14.2. The molecular formula is C12H13N5O2S. The molecule has 104 valence electrons. The van der Waals surface area contributed by atoms with Gasteiger partial charge in [-0.1, -0.05) is 12.1 Å². The standard InChI is InChI=1S/C12H13N5O2S/c13-7-5-10-1-3-11(4-2-10)20(18,19)16-8-6-12-14-9-15-17-12/h1-4,9,16H,5-6,8H2,(H,14,15,17). The lowest BCUT2D eigenvalue weighted by atomic mass is 10.2. The molecule has 2 N–H and O–H groups in total. The number of hydrogen-bond donors (Lipinski definition) is 2. The summed E-state index contributed by atoms with van der Waals surface area (Å²) < 4.78 is 26.5. The van der Waals surface area contributed by atoms with Gasteiger partial charge in [-0.05, 0) is 17.7 Å². The lowest BCUT2D eigenvalue weighted by Gasteiger charge is -2.06. The van der Waals surface area contributed by atoms with Gasteiger partial charge < -0.3 is 0 Å². The van der Waals surface area contributed by atoms with Crippen molar-refractivity contribution in [3.63, 3.8) is 0 Å². The molecule has 7 nitrogen and oxygen atoms in total. The zero-order valence-corrected chi connectivity index (χ0v) is 11.4. The van der Waals surface area contributed by atoms with Gasteiger partial charge in [0.15, 0.2) is 0 Å². The second-order valence-corrected chi connectivity index (χ2v) is 5.83. The zero-order chi connectivity index (χ0) is 14.4. The van der Waals surface area contributed by atoms with Crippen molar-refractivity contribution in [2.75, 3.05) is 6.54 Å². The SMILES string of the molecule is N#CCc1ccc(S(=O)(=O)NCCc2ncn[nH]2)cc1. The van der Waals surface area contributed by atoms with E-state index in [0.717, 1.165) is 5.56 Å². The first-order chi connectivity index (χ1) is 9.62. The molecule has 1 aromatic carbocycles. The van der Waals surface area contributed by atoms with E-state index in [-0.39, 0.29) is 17.9 Å². The predicted molar refractivity (Wildman–Crippen MR) is 71.0 cm³/mol. The molecule has 2 aromatic rings. The predicted octanol–water partition coefficient (Wildman–Crippen LogP) is 0.392. The van der Waals surface area contributed by atoms with Crippen LogP contribution in [0.15, 0.2) is 35.5 Å². The molecule has 1 heterocycles. The van der Waals surface area contributed by atoms with Gasteiger partial charge in [0, 0.05) is 13.0 Å². The van der Waals surface area contributed by atoms with E-state index in [9.17, 15) is 8.42 Å². The molecule has 0 aliphatic carbocycles. The molecule has 0 aliphatic heterocycles. The molecule has 0 bridgehead atoms. The Balaban J connectivity index is 1.97. The van der Waals surface area contributed by atoms with Crippen LogP contribution in [0.25, 0.3) is 0 Å². The molecule has 8 heteroatoms. The largest absolute Gasteiger partial charge is 0.263 e. The van der Waals surface area contributed by atoms with Crippen molar-refractivity contribution in [3.05, 3.63) is 42.0 Å². The van der Waals surface area contributed by atoms with Crippen molar-refractivity contribution in [2.45, 2.75) is 17.7 Å². The number of benzene rings is 1. The molecule has 0 atom stereocenters. The van der Waals surface area contributed by atoms with E-state index in [2.05, 4.69) is 19.9 Å². The molecule has 0 spiro atoms. The van der Waals surface area contributed by atoms with Gasteiger partial charge in [-0.15, -0.1) is 0 Å². The van der Waals surface area contributed by atoms with Gasteiger partial charge in [0.25, 0.3) is 0 Å². The fourth-order valence-corrected chi connectivity index (χ4v) is 2.65. The Hall–Kier alpha value is -2.24. The topological polar surface area (TPSA) is 112 Å². The van der Waals surface area contributed by atoms with Crippen LogP contribution in [0.1, 0.15) is 11.4 Å². The Morgan fingerprint density at radius 1 is 1.30 bits per heavy atom. The van der Waals surface area contributed by atoms with Crippen LogP contribution in [0.3, 0.4) is 0 Å². The van der Waals surface area contributed by atoms with Crippen LogP contribution < -0.4 is 4.72 Å². The first-order valence-corrected chi connectivity index (χ1v) is 7.40. The molecule has 0 radical (unpaired) electrons. The van der Waals surface area contributed by atoms with Gasteiger partial charge in [0.2, 0.25) is 10.0 Å². The summed E-state index contributed by atoms with van der Waals surface area (Å²) in [5.41, 5.74) is 0.785. The Morgan fingerprint density at radius 3 is 2.65 bits per heavy atom. The summed E-state index contributed by atoms with van der Waals surface area (Å²) in [5, 5.41) is 14.9. The summed E-state index contributed by atoms with van der Waals surface area (Å²) >= 11 is 0. The fraction of sp³-hybridized carbons (Fsp3) is 0.250. The fourth-order valence-electron chi connectivity index (χ4n) is 1.62. The molecule has 0 amide bonds. The summed E-state index contributed by atoms with van der Waals surface area (Å²) in [4.78, 5) is 4.09. The summed E-state index contributed by atoms with van der Waals surface area (Å²) in [7, 11) is -3.54. The van der Waals surface area contributed by atoms with Crippen LogP contribution in [-0.2, 0) is 22.9 Å². The van der Waals surface area contributed by atoms with Crippen LogP contribution in [0.4, 0.5) is 0 Å². The minimum atomic E-state index is -3.54. The van der Waals surface area contributed by atoms with E-state index in [1.165, 1.54) is 18.5 Å². The molecular weight excluding hydrogens is 278 g/mol. The van der Waals surface area contributed by atoms with E-state index in [0.29, 0.717) is 12.2 Å². The normalized spacial score (nSPS) is 11.2. The van der Waals surface area contributed by atoms with E-state index in [1.807, 2.05) is 6.07 Å². The first-order valence-electron chi connectivity index (χ1n) is 5.91. The van der Waals surface area contributed by atoms with E-state index < -0.39 is 10.0 Å². The number of rotatable bonds is 6. The maximum Gasteiger partial charge on any atom is 0.240 e. The van der Waals surface area contributed by atoms with E-state index >= 15 is 0 Å². The summed E-state index contributed by atoms with van der Waals surface area (Å²) in [6.07, 6.45) is 2.07. The second-order valence-electron chi connectivity index (χ2n) is 4.06. The number of aromatic amines is 1. The van der Waals surface area contributed by atoms with Crippen molar-refractivity contribution in [1.29, 1.82) is 5.26 Å². The van der Waals surface area contributed by atoms with Gasteiger partial charge >= 0.3 is 0 Å². The number of H-pyrrole nitrogens is 1. The molecule has 2 rings (SSSR count). The molecule has 0 saturated carbocycles. The monoisotopic (exact) mass is 291 g/mol. The average Bonchev–Trinajstić information content (AvgIpc) is 2.93. The third-order valence-corrected chi connectivity index (χ3v) is 4.11. The highest BCUT2D eigenvalue weighted by Crippen LogP contribution is 2.10. The average molecular weight is 291 g/mol. The number of sulfonamides is 1. The van der Waals surface area contributed by atoms with Gasteiger partial charge in [-0.3, -0.25) is 5.10 Å². The maximum atomic E-state index is 12.0. The van der Waals surface area contributed by atoms with E-state index in [1.54, 1.807) is 12.1 Å². The van der Waals surface area contributed by atoms with Crippen molar-refractivity contribution >= 4 is 10.0 Å². The Bertz CT molecular complexity index is 686. The third-order valence-electron chi connectivity index (χ3n) is 2.64. The zero-order valence-electron chi connectivity index (χ0n) is 10.6. The third kappa shape index (κ3) is 3.63. The molecule has 0 unspecified atom stereocenters. The number of nitrogens with one attached hydrogen (secondary N) is 2. The summed E-state index contributed by atoms with van der Waals surface area (Å²) in [5.74, 6) is 0.622. The minimum absolute atomic E-state index is 0.178. The molecule has 0 saturated heterocycles. The molecule has 0 fully saturated rings. The Morgan fingerprint density at radius 2 is 2.05 bits per heavy atom. The van der Waals surface area contributed by atoms with Crippen molar-refractivity contribution in [2.24, 2.45) is 0 Å². The highest BCUT2D eigenvalue weighted by molar-refractivity contribution is 7.89. The highest BCUT2D eigenvalue weighted by atomic mass is 32.2. The van der Waals surface area contributed by atoms with Gasteiger partial charge in [-0.2, -0.15) is 10.4 Å². The van der Waals surface area contributed by atoms with Crippen LogP contribution in [0, 0.1) is 11.3 Å². The van der Waals surface area contributed by atoms with Gasteiger partial charge in [0.05, 0.1) is 17.4 Å². The summed E-state index contributed by atoms with van der Waals surface area (Å²) in [6.45, 7) is 0.234. The Kier molecular flexibility index (Phi) is 4.45. The van der Waals surface area contributed by atoms with Crippen molar-refractivity contribution in [3.8, 4) is 6.07 Å². The molecule has 20 heavy (non-hydrogen) atoms. The smallest absolute Gasteiger partial charge is 0.240 e. The highest BCUT2D eigenvalue weighted by Gasteiger charge is 2.13. The summed E-state index contributed by atoms with van der Waals surface area (Å²) in [6, 6.07) is 8.26. The lowest BCUT2D eigenvalue weighted by Crippen LogP contribution is -2.26. The minimum Gasteiger partial charge on any atom is -0.263 e. The van der Waals surface area contributed by atoms with Crippen LogP contribution >= 0.6 is 0 Å². The van der Waals surface area contributed by atoms with Crippen molar-refractivity contribution in [1.82, 2.24) is 19.9 Å². The van der Waals surface area contributed by atoms with E-state index in [4.69, 9.17) is 5.26 Å². The van der Waals surface area contributed by atoms with Crippen LogP contribution in [-0.4, -0.2) is 30.1 Å². The number of hydrogen-bond acceptors (Lipinski definition) is 5. The lowest BCUT2D eigenvalue weighted by molar-refractivity contribution is 0.581. The van der Waals surface area contributed by atoms with Crippen LogP contribution in [0.5, 0.6) is 0 Å². The number of aromatic nitrogens is 3. The van der Waals surface area contributed by atoms with Crippen LogP contribution in [0.2, 0.25) is 0 Å².